The Labute approximate surface area is 215 Å². The zero-order chi connectivity index (χ0) is 25.2. The number of nitriles is 1. The number of morpholine rings is 1. The van der Waals surface area contributed by atoms with E-state index >= 15 is 0 Å². The number of carbonyl (C=O) groups excluding carboxylic acids is 1. The minimum Gasteiger partial charge on any atom is -0.379 e. The molecule has 1 atom stereocenters. The lowest BCUT2D eigenvalue weighted by Crippen LogP contribution is -2.36. The van der Waals surface area contributed by atoms with Gasteiger partial charge in [0.1, 0.15) is 22.7 Å². The summed E-state index contributed by atoms with van der Waals surface area (Å²) in [7, 11) is 0. The van der Waals surface area contributed by atoms with Gasteiger partial charge in [0, 0.05) is 41.9 Å². The Morgan fingerprint density at radius 1 is 1.17 bits per heavy atom. The van der Waals surface area contributed by atoms with Crippen molar-refractivity contribution in [2.45, 2.75) is 46.1 Å². The van der Waals surface area contributed by atoms with Gasteiger partial charge in [0.25, 0.3) is 0 Å². The highest BCUT2D eigenvalue weighted by molar-refractivity contribution is 7.15. The molecule has 2 aliphatic rings. The topological polar surface area (TPSA) is 96.4 Å². The summed E-state index contributed by atoms with van der Waals surface area (Å²) in [5.74, 6) is 1.68. The summed E-state index contributed by atoms with van der Waals surface area (Å²) in [4.78, 5) is 21.9. The third-order valence-electron chi connectivity index (χ3n) is 6.98. The highest BCUT2D eigenvalue weighted by atomic mass is 32.1. The van der Waals surface area contributed by atoms with Gasteiger partial charge in [-0.05, 0) is 51.4 Å². The summed E-state index contributed by atoms with van der Waals surface area (Å²) in [6.07, 6.45) is 1.63. The molecule has 0 unspecified atom stereocenters. The Morgan fingerprint density at radius 3 is 2.64 bits per heavy atom. The third kappa shape index (κ3) is 4.76. The quantitative estimate of drug-likeness (QED) is 0.483. The van der Waals surface area contributed by atoms with E-state index in [9.17, 15) is 10.1 Å². The highest BCUT2D eigenvalue weighted by Crippen LogP contribution is 2.39. The van der Waals surface area contributed by atoms with Crippen LogP contribution in [0.3, 0.4) is 0 Å². The monoisotopic (exact) mass is 502 g/mol. The Bertz CT molecular complexity index is 1340. The number of carbonyl (C=O) groups is 1. The van der Waals surface area contributed by atoms with Gasteiger partial charge in [0.15, 0.2) is 5.82 Å². The molecule has 3 aromatic rings. The maximum absolute atomic E-state index is 13.1. The van der Waals surface area contributed by atoms with Crippen molar-refractivity contribution < 1.29 is 9.53 Å². The molecule has 1 saturated heterocycles. The van der Waals surface area contributed by atoms with Crippen LogP contribution in [0.4, 0.5) is 0 Å². The molecule has 5 rings (SSSR count). The number of aromatic nitrogens is 3. The number of hydrogen-bond donors (Lipinski definition) is 0. The second-order valence-electron chi connectivity index (χ2n) is 9.39. The minimum absolute atomic E-state index is 0.182. The van der Waals surface area contributed by atoms with Crippen molar-refractivity contribution in [2.75, 3.05) is 32.8 Å². The Morgan fingerprint density at radius 2 is 1.92 bits per heavy atom. The summed E-state index contributed by atoms with van der Waals surface area (Å²) in [6.45, 7) is 10.5. The number of aliphatic imine (C=N–C) groups is 1. The fourth-order valence-electron chi connectivity index (χ4n) is 4.87. The average molecular weight is 503 g/mol. The Kier molecular flexibility index (Phi) is 7.10. The van der Waals surface area contributed by atoms with Crippen LogP contribution < -0.4 is 0 Å². The number of ketones is 1. The van der Waals surface area contributed by atoms with Crippen molar-refractivity contribution in [3.8, 4) is 11.1 Å². The predicted octanol–water partition coefficient (Wildman–Crippen LogP) is 4.09. The highest BCUT2D eigenvalue weighted by Gasteiger charge is 2.32. The fraction of sp³-hybridized carbons (Fsp3) is 0.444. The van der Waals surface area contributed by atoms with E-state index in [2.05, 4.69) is 39.6 Å². The molecular formula is C27H30N6O2S. The molecule has 2 aromatic heterocycles. The molecule has 0 saturated carbocycles. The number of fused-ring (bicyclic) bond motifs is 3. The zero-order valence-electron chi connectivity index (χ0n) is 21.0. The molecule has 4 heterocycles. The number of benzene rings is 1. The molecule has 0 bridgehead atoms. The SMILES string of the molecule is Cc1sc2c(c1C)C(c1ccc(C#N)cc1)=N[C@@H](CC(=O)CCCN1CCOCC1)c1nnc(C)n1-2. The van der Waals surface area contributed by atoms with Gasteiger partial charge in [-0.3, -0.25) is 19.3 Å². The molecule has 0 radical (unpaired) electrons. The molecule has 1 aromatic carbocycles. The van der Waals surface area contributed by atoms with Crippen LogP contribution >= 0.6 is 11.3 Å². The van der Waals surface area contributed by atoms with E-state index in [1.54, 1.807) is 11.3 Å². The molecular weight excluding hydrogens is 472 g/mol. The second kappa shape index (κ2) is 10.4. The molecule has 2 aliphatic heterocycles. The summed E-state index contributed by atoms with van der Waals surface area (Å²) in [5, 5.41) is 19.2. The van der Waals surface area contributed by atoms with Gasteiger partial charge in [-0.25, -0.2) is 0 Å². The van der Waals surface area contributed by atoms with Crippen molar-refractivity contribution in [2.24, 2.45) is 4.99 Å². The van der Waals surface area contributed by atoms with Crippen LogP contribution in [0.2, 0.25) is 0 Å². The number of hydrogen-bond acceptors (Lipinski definition) is 8. The lowest BCUT2D eigenvalue weighted by Gasteiger charge is -2.26. The molecule has 8 nitrogen and oxygen atoms in total. The van der Waals surface area contributed by atoms with Crippen molar-refractivity contribution in [3.63, 3.8) is 0 Å². The zero-order valence-corrected chi connectivity index (χ0v) is 21.8. The summed E-state index contributed by atoms with van der Waals surface area (Å²) in [6, 6.07) is 9.26. The van der Waals surface area contributed by atoms with Gasteiger partial charge in [0.05, 0.1) is 30.6 Å². The summed E-state index contributed by atoms with van der Waals surface area (Å²) >= 11 is 1.70. The number of aryl methyl sites for hydroxylation is 2. The Balaban J connectivity index is 1.47. The first kappa shape index (κ1) is 24.5. The van der Waals surface area contributed by atoms with Crippen LogP contribution in [-0.4, -0.2) is 64.0 Å². The molecule has 9 heteroatoms. The first-order valence-corrected chi connectivity index (χ1v) is 13.2. The van der Waals surface area contributed by atoms with Gasteiger partial charge in [-0.15, -0.1) is 21.5 Å². The number of ether oxygens (including phenoxy) is 1. The fourth-order valence-corrected chi connectivity index (χ4v) is 6.08. The van der Waals surface area contributed by atoms with Gasteiger partial charge in [0.2, 0.25) is 0 Å². The van der Waals surface area contributed by atoms with Crippen molar-refractivity contribution >= 4 is 22.8 Å². The maximum atomic E-state index is 13.1. The van der Waals surface area contributed by atoms with Crippen LogP contribution in [0.5, 0.6) is 0 Å². The maximum Gasteiger partial charge on any atom is 0.163 e. The van der Waals surface area contributed by atoms with Crippen LogP contribution in [0.15, 0.2) is 29.3 Å². The Hall–Kier alpha value is -3.19. The number of rotatable bonds is 7. The second-order valence-corrected chi connectivity index (χ2v) is 10.6. The van der Waals surface area contributed by atoms with E-state index in [0.717, 1.165) is 72.5 Å². The van der Waals surface area contributed by atoms with Crippen molar-refractivity contribution in [3.05, 3.63) is 63.0 Å². The molecule has 36 heavy (non-hydrogen) atoms. The van der Waals surface area contributed by atoms with E-state index in [4.69, 9.17) is 9.73 Å². The molecule has 0 N–H and O–H groups in total. The number of thiophene rings is 1. The third-order valence-corrected chi connectivity index (χ3v) is 8.17. The largest absolute Gasteiger partial charge is 0.379 e. The molecule has 0 amide bonds. The van der Waals surface area contributed by atoms with Crippen molar-refractivity contribution in [1.82, 2.24) is 19.7 Å². The summed E-state index contributed by atoms with van der Waals surface area (Å²) in [5.41, 5.74) is 4.58. The van der Waals surface area contributed by atoms with Gasteiger partial charge >= 0.3 is 0 Å². The first-order chi connectivity index (χ1) is 17.5. The molecule has 186 valence electrons. The van der Waals surface area contributed by atoms with E-state index in [1.807, 2.05) is 31.2 Å². The van der Waals surface area contributed by atoms with Crippen LogP contribution in [0.25, 0.3) is 5.00 Å². The van der Waals surface area contributed by atoms with E-state index < -0.39 is 6.04 Å². The minimum atomic E-state index is -0.424. The van der Waals surface area contributed by atoms with Crippen LogP contribution in [0.1, 0.15) is 64.1 Å². The number of nitrogens with zero attached hydrogens (tertiary/aromatic N) is 6. The lowest BCUT2D eigenvalue weighted by molar-refractivity contribution is -0.119. The van der Waals surface area contributed by atoms with E-state index in [-0.39, 0.29) is 12.2 Å². The van der Waals surface area contributed by atoms with Crippen LogP contribution in [0, 0.1) is 32.1 Å². The number of Topliss-reactive ketones (excluding diaryl/α,β-unsaturated/α-hetero) is 1. The molecule has 1 fully saturated rings. The van der Waals surface area contributed by atoms with Gasteiger partial charge in [-0.2, -0.15) is 5.26 Å². The van der Waals surface area contributed by atoms with E-state index in [0.29, 0.717) is 17.8 Å². The van der Waals surface area contributed by atoms with Crippen molar-refractivity contribution in [1.29, 1.82) is 5.26 Å². The van der Waals surface area contributed by atoms with Gasteiger partial charge < -0.3 is 4.74 Å². The molecule has 0 spiro atoms. The molecule has 0 aliphatic carbocycles. The normalized spacial score (nSPS) is 17.6. The van der Waals surface area contributed by atoms with Crippen LogP contribution in [-0.2, 0) is 9.53 Å². The van der Waals surface area contributed by atoms with E-state index in [1.165, 1.54) is 4.88 Å². The average Bonchev–Trinajstić information content (AvgIpc) is 3.37. The lowest BCUT2D eigenvalue weighted by atomic mass is 9.98. The predicted molar refractivity (Wildman–Crippen MR) is 139 cm³/mol. The first-order valence-electron chi connectivity index (χ1n) is 12.4. The smallest absolute Gasteiger partial charge is 0.163 e. The van der Waals surface area contributed by atoms with Gasteiger partial charge in [-0.1, -0.05) is 12.1 Å². The standard InChI is InChI=1S/C27H30N6O2S/c1-17-18(2)36-27-24(17)25(21-8-6-20(16-28)7-9-21)29-23(26-31-30-19(3)33(26)27)15-22(34)5-4-10-32-11-13-35-14-12-32/h6-9,23H,4-5,10-15H2,1-3H3/t23-/m0/s1. The summed E-state index contributed by atoms with van der Waals surface area (Å²) < 4.78 is 7.49.